The van der Waals surface area contributed by atoms with Gasteiger partial charge < -0.3 is 30.4 Å². The smallest absolute Gasteiger partial charge is 0.322 e. The number of urea groups is 2. The zero-order valence-corrected chi connectivity index (χ0v) is 31.4. The highest BCUT2D eigenvalue weighted by Crippen LogP contribution is 2.28. The van der Waals surface area contributed by atoms with Crippen molar-refractivity contribution in [2.45, 2.75) is 61.2 Å². The number of fused-ring (bicyclic) bond motifs is 1. The molecule has 4 aliphatic rings. The molecule has 0 aromatic heterocycles. The number of amides is 5. The van der Waals surface area contributed by atoms with Crippen molar-refractivity contribution in [3.05, 3.63) is 63.6 Å². The number of nitrogens with zero attached hydrogens (tertiary/aromatic N) is 5. The van der Waals surface area contributed by atoms with E-state index in [1.54, 1.807) is 4.90 Å². The van der Waals surface area contributed by atoms with Gasteiger partial charge in [0.2, 0.25) is 5.91 Å². The lowest BCUT2D eigenvalue weighted by molar-refractivity contribution is -0.138. The molecule has 3 saturated heterocycles. The molecule has 2 aromatic carbocycles. The van der Waals surface area contributed by atoms with Crippen molar-refractivity contribution in [2.75, 3.05) is 64.2 Å². The van der Waals surface area contributed by atoms with Gasteiger partial charge in [-0.05, 0) is 54.5 Å². The number of likely N-dealkylation sites (tertiary alicyclic amines) is 2. The zero-order valence-electron chi connectivity index (χ0n) is 27.7. The number of carbonyl (C=O) groups is 4. The summed E-state index contributed by atoms with van der Waals surface area (Å²) in [6, 6.07) is 13.3. The van der Waals surface area contributed by atoms with Crippen LogP contribution in [-0.2, 0) is 27.0 Å². The Kier molecular flexibility index (Phi) is 12.0. The zero-order chi connectivity index (χ0) is 34.5. The number of hydrogen-bond donors (Lipinski definition) is 3. The monoisotopic (exact) mass is 849 g/mol. The molecule has 3 fully saturated rings. The summed E-state index contributed by atoms with van der Waals surface area (Å²) in [5, 5.41) is 15.2. The summed E-state index contributed by atoms with van der Waals surface area (Å²) in [5.74, 6) is -0.856. The van der Waals surface area contributed by atoms with E-state index in [9.17, 15) is 19.2 Å². The first-order chi connectivity index (χ1) is 23.7. The second-order valence-corrected chi connectivity index (χ2v) is 15.1. The van der Waals surface area contributed by atoms with Crippen LogP contribution in [0.2, 0.25) is 0 Å². The van der Waals surface area contributed by atoms with Gasteiger partial charge in [0.15, 0.2) is 0 Å². The molecule has 1 atom stereocenters. The topological polar surface area (TPSA) is 129 Å². The van der Waals surface area contributed by atoms with E-state index >= 15 is 0 Å². The number of benzene rings is 2. The number of anilines is 1. The molecule has 5 amide bonds. The van der Waals surface area contributed by atoms with Gasteiger partial charge in [-0.1, -0.05) is 68.9 Å². The number of alkyl halides is 1. The normalized spacial score (nSPS) is 20.4. The van der Waals surface area contributed by atoms with Crippen molar-refractivity contribution >= 4 is 68.1 Å². The van der Waals surface area contributed by atoms with Crippen molar-refractivity contribution in [3.8, 4) is 0 Å². The molecule has 49 heavy (non-hydrogen) atoms. The van der Waals surface area contributed by atoms with E-state index in [4.69, 9.17) is 5.11 Å². The van der Waals surface area contributed by atoms with Gasteiger partial charge in [0.1, 0.15) is 6.04 Å². The molecule has 0 aliphatic carbocycles. The SMILES string of the molecule is O=C(O)CN1CCC(N2CCN(C(=O)C(Cc3ccc(Br)c(CI)c3)NC(=O)N3CCC(N4Cc5ccccc5NC4=O)CC3)CC2)CC1. The Labute approximate surface area is 309 Å². The lowest BCUT2D eigenvalue weighted by Crippen LogP contribution is -2.59. The molecule has 2 aromatic rings. The van der Waals surface area contributed by atoms with E-state index in [0.717, 1.165) is 70.3 Å². The van der Waals surface area contributed by atoms with Crippen LogP contribution in [0.1, 0.15) is 42.4 Å². The molecule has 14 heteroatoms. The highest BCUT2D eigenvalue weighted by atomic mass is 127. The molecule has 6 rings (SSSR count). The number of nitrogens with one attached hydrogen (secondary N) is 2. The van der Waals surface area contributed by atoms with E-state index in [1.165, 1.54) is 0 Å². The Morgan fingerprint density at radius 3 is 2.31 bits per heavy atom. The Balaban J connectivity index is 1.06. The van der Waals surface area contributed by atoms with E-state index in [0.29, 0.717) is 58.0 Å². The van der Waals surface area contributed by atoms with Crippen LogP contribution in [-0.4, -0.2) is 131 Å². The lowest BCUT2D eigenvalue weighted by Gasteiger charge is -2.43. The average Bonchev–Trinajstić information content (AvgIpc) is 3.11. The highest BCUT2D eigenvalue weighted by Gasteiger charge is 2.36. The number of carboxylic acid groups (broad SMARTS) is 1. The maximum absolute atomic E-state index is 14.1. The van der Waals surface area contributed by atoms with Gasteiger partial charge in [0, 0.05) is 92.0 Å². The fourth-order valence-electron chi connectivity index (χ4n) is 7.59. The standard InChI is InChI=1S/C35H45BrIN7O5/c36-29-6-5-24(19-26(29)21-37)20-31(33(47)42-17-15-41(16-18-42)27-7-11-40(12-8-27)23-32(45)46)39-34(48)43-13-9-28(10-14-43)44-22-25-3-1-2-4-30(25)38-35(44)49/h1-6,19,27-28,31H,7-18,20-23H2,(H,38,49)(H,39,48)(H,45,46). The fourth-order valence-corrected chi connectivity index (χ4v) is 9.14. The van der Waals surface area contributed by atoms with Crippen molar-refractivity contribution in [1.29, 1.82) is 0 Å². The molecule has 4 heterocycles. The second kappa shape index (κ2) is 16.4. The third-order valence-electron chi connectivity index (χ3n) is 10.4. The maximum Gasteiger partial charge on any atom is 0.322 e. The second-order valence-electron chi connectivity index (χ2n) is 13.5. The number of piperazine rings is 1. The maximum atomic E-state index is 14.1. The molecule has 0 radical (unpaired) electrons. The Morgan fingerprint density at radius 1 is 0.918 bits per heavy atom. The molecule has 4 aliphatic heterocycles. The van der Waals surface area contributed by atoms with Gasteiger partial charge in [-0.2, -0.15) is 0 Å². The van der Waals surface area contributed by atoms with Crippen LogP contribution in [0.3, 0.4) is 0 Å². The first-order valence-electron chi connectivity index (χ1n) is 17.2. The number of para-hydroxylation sites is 1. The largest absolute Gasteiger partial charge is 0.480 e. The van der Waals surface area contributed by atoms with Gasteiger partial charge in [-0.15, -0.1) is 0 Å². The predicted molar refractivity (Wildman–Crippen MR) is 199 cm³/mol. The van der Waals surface area contributed by atoms with Crippen molar-refractivity contribution in [2.24, 2.45) is 0 Å². The highest BCUT2D eigenvalue weighted by molar-refractivity contribution is 14.1. The van der Waals surface area contributed by atoms with Crippen LogP contribution in [0, 0.1) is 0 Å². The van der Waals surface area contributed by atoms with Crippen molar-refractivity contribution < 1.29 is 24.3 Å². The third-order valence-corrected chi connectivity index (χ3v) is 12.0. The summed E-state index contributed by atoms with van der Waals surface area (Å²) in [5.41, 5.74) is 4.08. The van der Waals surface area contributed by atoms with Crippen LogP contribution < -0.4 is 10.6 Å². The van der Waals surface area contributed by atoms with Crippen LogP contribution in [0.4, 0.5) is 15.3 Å². The minimum absolute atomic E-state index is 0.0324. The fraction of sp³-hybridized carbons (Fsp3) is 0.543. The number of carbonyl (C=O) groups excluding carboxylic acids is 3. The minimum Gasteiger partial charge on any atom is -0.480 e. The van der Waals surface area contributed by atoms with Crippen LogP contribution in [0.25, 0.3) is 0 Å². The quantitative estimate of drug-likeness (QED) is 0.255. The van der Waals surface area contributed by atoms with Crippen molar-refractivity contribution in [3.63, 3.8) is 0 Å². The van der Waals surface area contributed by atoms with Gasteiger partial charge in [-0.3, -0.25) is 19.4 Å². The summed E-state index contributed by atoms with van der Waals surface area (Å²) in [6.07, 6.45) is 3.59. The number of carboxylic acids is 1. The first-order valence-corrected chi connectivity index (χ1v) is 19.5. The van der Waals surface area contributed by atoms with Crippen LogP contribution in [0.5, 0.6) is 0 Å². The molecule has 264 valence electrons. The van der Waals surface area contributed by atoms with Gasteiger partial charge in [-0.25, -0.2) is 9.59 Å². The Hall–Kier alpha value is -2.95. The first kappa shape index (κ1) is 35.9. The number of halogens is 2. The Bertz CT molecular complexity index is 1520. The molecule has 0 bridgehead atoms. The molecule has 3 N–H and O–H groups in total. The average molecular weight is 851 g/mol. The summed E-state index contributed by atoms with van der Waals surface area (Å²) in [4.78, 5) is 61.8. The molecule has 0 spiro atoms. The van der Waals surface area contributed by atoms with Gasteiger partial charge >= 0.3 is 18.0 Å². The minimum atomic E-state index is -0.789. The predicted octanol–water partition coefficient (Wildman–Crippen LogP) is 4.21. The van der Waals surface area contributed by atoms with Gasteiger partial charge in [0.05, 0.1) is 6.54 Å². The molecule has 1 unspecified atom stereocenters. The van der Waals surface area contributed by atoms with Crippen LogP contribution in [0.15, 0.2) is 46.9 Å². The van der Waals surface area contributed by atoms with Crippen molar-refractivity contribution in [1.82, 2.24) is 29.8 Å². The molecular formula is C35H45BrIN7O5. The summed E-state index contributed by atoms with van der Waals surface area (Å²) in [7, 11) is 0. The van der Waals surface area contributed by atoms with Gasteiger partial charge in [0.25, 0.3) is 0 Å². The number of aliphatic carboxylic acids is 1. The number of rotatable bonds is 9. The summed E-state index contributed by atoms with van der Waals surface area (Å²) < 4.78 is 1.85. The van der Waals surface area contributed by atoms with E-state index in [2.05, 4.69) is 60.1 Å². The summed E-state index contributed by atoms with van der Waals surface area (Å²) >= 11 is 5.95. The van der Waals surface area contributed by atoms with E-state index < -0.39 is 12.0 Å². The molecule has 12 nitrogen and oxygen atoms in total. The Morgan fingerprint density at radius 2 is 1.61 bits per heavy atom. The number of piperidine rings is 2. The van der Waals surface area contributed by atoms with E-state index in [-0.39, 0.29) is 30.6 Å². The summed E-state index contributed by atoms with van der Waals surface area (Å²) in [6.45, 7) is 5.89. The third kappa shape index (κ3) is 8.86. The van der Waals surface area contributed by atoms with Crippen LogP contribution >= 0.6 is 38.5 Å². The molecule has 0 saturated carbocycles. The molecular weight excluding hydrogens is 805 g/mol. The lowest BCUT2D eigenvalue weighted by atomic mass is 10.0. The van der Waals surface area contributed by atoms with E-state index in [1.807, 2.05) is 51.1 Å². The number of hydrogen-bond acceptors (Lipinski definition) is 6.